The van der Waals surface area contributed by atoms with Crippen molar-refractivity contribution >= 4 is 11.9 Å². The summed E-state index contributed by atoms with van der Waals surface area (Å²) in [7, 11) is 2.95. The number of methoxy groups -OCH3 is 2. The van der Waals surface area contributed by atoms with Gasteiger partial charge in [-0.25, -0.2) is 0 Å². The van der Waals surface area contributed by atoms with E-state index in [0.29, 0.717) is 52.4 Å². The molecule has 1 N–H and O–H groups in total. The van der Waals surface area contributed by atoms with Gasteiger partial charge in [0.2, 0.25) is 0 Å². The molecule has 8 aliphatic carbocycles. The number of hydrogen-bond donors (Lipinski definition) is 1. The Morgan fingerprint density at radius 2 is 1.18 bits per heavy atom. The van der Waals surface area contributed by atoms with E-state index in [2.05, 4.69) is 65.8 Å². The monoisotopic (exact) mass is 930 g/mol. The minimum absolute atomic E-state index is 0. The molecule has 7 heteroatoms. The number of rotatable bonds is 12. The Balaban J connectivity index is 0.000000221. The highest BCUT2D eigenvalue weighted by Gasteiger charge is 2.60. The second-order valence-corrected chi connectivity index (χ2v) is 24.4. The fourth-order valence-corrected chi connectivity index (χ4v) is 17.6. The topological polar surface area (TPSA) is 91.3 Å². The van der Waals surface area contributed by atoms with Gasteiger partial charge in [-0.05, 0) is 231 Å². The number of esters is 2. The van der Waals surface area contributed by atoms with Crippen molar-refractivity contribution in [1.82, 2.24) is 0 Å². The highest BCUT2D eigenvalue weighted by atomic mass is 16.7. The normalized spacial score (nSPS) is 42.3. The maximum absolute atomic E-state index is 11.5. The van der Waals surface area contributed by atoms with Crippen molar-refractivity contribution in [3.05, 3.63) is 46.6 Å². The zero-order valence-corrected chi connectivity index (χ0v) is 42.9. The molecule has 0 aromatic carbocycles. The Morgan fingerprint density at radius 1 is 0.672 bits per heavy atom. The zero-order valence-electron chi connectivity index (χ0n) is 43.9. The van der Waals surface area contributed by atoms with Crippen molar-refractivity contribution < 1.29 is 35.1 Å². The Morgan fingerprint density at radius 3 is 1.67 bits per heavy atom. The molecule has 0 aromatic heterocycles. The van der Waals surface area contributed by atoms with E-state index in [-0.39, 0.29) is 33.2 Å². The number of allylic oxidation sites excluding steroid dienone is 6. The van der Waals surface area contributed by atoms with Gasteiger partial charge in [0, 0.05) is 19.4 Å². The molecule has 0 radical (unpaired) electrons. The molecule has 0 aromatic rings. The molecule has 0 bridgehead atoms. The van der Waals surface area contributed by atoms with E-state index in [4.69, 9.17) is 18.9 Å². The van der Waals surface area contributed by atoms with Gasteiger partial charge in [0.1, 0.15) is 0 Å². The van der Waals surface area contributed by atoms with E-state index >= 15 is 0 Å². The van der Waals surface area contributed by atoms with Crippen LogP contribution < -0.4 is 0 Å². The lowest BCUT2D eigenvalue weighted by Crippen LogP contribution is -2.50. The van der Waals surface area contributed by atoms with Crippen molar-refractivity contribution in [2.45, 2.75) is 228 Å². The average molecular weight is 930 g/mol. The molecule has 1 aliphatic heterocycles. The van der Waals surface area contributed by atoms with Crippen LogP contribution >= 0.6 is 0 Å². The molecular formula is C60H97O7+. The number of unbranched alkanes of at least 4 members (excludes halogenated alkanes) is 2. The van der Waals surface area contributed by atoms with Crippen LogP contribution in [0.4, 0.5) is 0 Å². The van der Waals surface area contributed by atoms with Gasteiger partial charge >= 0.3 is 13.4 Å². The van der Waals surface area contributed by atoms with Crippen molar-refractivity contribution in [3.63, 3.8) is 0 Å². The molecule has 9 rings (SSSR count). The second-order valence-electron chi connectivity index (χ2n) is 24.4. The van der Waals surface area contributed by atoms with Crippen LogP contribution in [-0.4, -0.2) is 56.4 Å². The van der Waals surface area contributed by atoms with Gasteiger partial charge in [-0.15, -0.1) is 0 Å². The number of fused-ring (bicyclic) bond motifs is 10. The van der Waals surface area contributed by atoms with Crippen LogP contribution in [0.2, 0.25) is 0 Å². The highest BCUT2D eigenvalue weighted by molar-refractivity contribution is 5.69. The Kier molecular flexibility index (Phi) is 17.3. The van der Waals surface area contributed by atoms with Crippen LogP contribution in [0.25, 0.3) is 0 Å². The first-order valence-electron chi connectivity index (χ1n) is 27.5. The summed E-state index contributed by atoms with van der Waals surface area (Å²) < 4.78 is 21.9. The summed E-state index contributed by atoms with van der Waals surface area (Å²) in [4.78, 5) is 22.8. The molecule has 15 atom stereocenters. The van der Waals surface area contributed by atoms with Gasteiger partial charge in [0.25, 0.3) is 0 Å². The molecule has 1 heterocycles. The summed E-state index contributed by atoms with van der Waals surface area (Å²) in [5, 5.41) is 10.2. The minimum atomic E-state index is -0.113. The lowest BCUT2D eigenvalue weighted by molar-refractivity contribution is -0.195. The Bertz CT molecular complexity index is 1840. The third-order valence-corrected chi connectivity index (χ3v) is 21.3. The molecule has 1 unspecified atom stereocenters. The molecule has 1 saturated heterocycles. The fraction of sp³-hybridized carbons (Fsp3) is 0.833. The van der Waals surface area contributed by atoms with Crippen LogP contribution in [0.1, 0.15) is 211 Å². The summed E-state index contributed by atoms with van der Waals surface area (Å²) in [5.41, 5.74) is 7.98. The largest absolute Gasteiger partial charge is 1.00 e. The second kappa shape index (κ2) is 22.0. The number of aliphatic hydroxyl groups excluding tert-OH is 1. The SMILES string of the molecule is C.COC(=O)CCC/C=C(\C)[C@H]1CC[C@H]2[C@@H]3CC=C4C[C@@H](O)CC[C@]4(C)[C@H]3CC[C@]12C.COC(=O)CCC/C=C(\C)[C@H]1CC[C@H]2[C@@H]3CC=C4C[C@@H](OC5CCCCO5)CC[C@]4(C)[C@H]3CC[C@]12C.[H+]. The zero-order chi connectivity index (χ0) is 46.9. The number of aliphatic hydroxyl groups is 1. The standard InChI is InChI=1S/C32H50O4.C27H42O3.CH4/c1-22(9-5-6-10-29(33)34-4)26-14-15-27-25-13-12-23-21-24(36-30-11-7-8-20-35-30)16-18-31(23,2)28(25)17-19-32(26,27)3;1-18(7-5-6-8-25(29)30-4)22-11-12-23-21-10-9-19-17-20(28)13-15-26(19,2)24(21)14-16-27(22,23)3;/h9,12,24-28,30H,5-8,10-11,13-21H2,1-4H3;7,9,20-24,28H,5-6,8,10-17H2,1-4H3;1H4/p+1/b22-9+;18-7+;/t24-,25-,26+,27-,28-,30?,31-,32+;20-,21-,22+,23-,24-,26-,27+;/m00./s1. The molecule has 7 fully saturated rings. The number of ether oxygens (including phenoxy) is 4. The molecule has 9 aliphatic rings. The van der Waals surface area contributed by atoms with E-state index in [1.165, 1.54) is 111 Å². The van der Waals surface area contributed by atoms with Gasteiger partial charge in [-0.1, -0.05) is 81.7 Å². The predicted molar refractivity (Wildman–Crippen MR) is 272 cm³/mol. The van der Waals surface area contributed by atoms with E-state index in [1.807, 2.05) is 0 Å². The lowest BCUT2D eigenvalue weighted by Gasteiger charge is -2.58. The van der Waals surface area contributed by atoms with E-state index in [0.717, 1.165) is 93.5 Å². The summed E-state index contributed by atoms with van der Waals surface area (Å²) in [6.07, 6.45) is 38.7. The van der Waals surface area contributed by atoms with Gasteiger partial charge in [-0.2, -0.15) is 0 Å². The van der Waals surface area contributed by atoms with Crippen molar-refractivity contribution in [2.24, 2.45) is 69.0 Å². The summed E-state index contributed by atoms with van der Waals surface area (Å²) in [6, 6.07) is 0. The van der Waals surface area contributed by atoms with Gasteiger partial charge in [0.15, 0.2) is 6.29 Å². The molecule has 0 amide bonds. The number of carbonyl (C=O) groups excluding carboxylic acids is 2. The van der Waals surface area contributed by atoms with Crippen LogP contribution in [0.5, 0.6) is 0 Å². The van der Waals surface area contributed by atoms with Crippen LogP contribution in [0.15, 0.2) is 46.6 Å². The molecule has 0 spiro atoms. The highest BCUT2D eigenvalue weighted by Crippen LogP contribution is 2.69. The lowest BCUT2D eigenvalue weighted by atomic mass is 9.47. The van der Waals surface area contributed by atoms with Crippen molar-refractivity contribution in [1.29, 1.82) is 0 Å². The van der Waals surface area contributed by atoms with E-state index < -0.39 is 0 Å². The van der Waals surface area contributed by atoms with Gasteiger partial charge in [0.05, 0.1) is 26.4 Å². The first-order chi connectivity index (χ1) is 31.6. The third-order valence-electron chi connectivity index (χ3n) is 21.3. The third kappa shape index (κ3) is 10.6. The van der Waals surface area contributed by atoms with E-state index in [1.54, 1.807) is 22.3 Å². The molecule has 378 valence electrons. The molecule has 7 nitrogen and oxygen atoms in total. The molecule has 67 heavy (non-hydrogen) atoms. The first kappa shape index (κ1) is 52.6. The number of hydrogen-bond acceptors (Lipinski definition) is 7. The average Bonchev–Trinajstić information content (AvgIpc) is 3.86. The van der Waals surface area contributed by atoms with Crippen molar-refractivity contribution in [2.75, 3.05) is 20.8 Å². The van der Waals surface area contributed by atoms with Crippen LogP contribution in [0, 0.1) is 69.0 Å². The Hall–Kier alpha value is -2.22. The van der Waals surface area contributed by atoms with Gasteiger partial charge in [-0.3, -0.25) is 9.59 Å². The smallest absolute Gasteiger partial charge is 0.469 e. The quantitative estimate of drug-likeness (QED) is 0.118. The predicted octanol–water partition coefficient (Wildman–Crippen LogP) is 14.7. The van der Waals surface area contributed by atoms with Crippen LogP contribution in [-0.2, 0) is 28.5 Å². The van der Waals surface area contributed by atoms with Crippen molar-refractivity contribution in [3.8, 4) is 0 Å². The summed E-state index contributed by atoms with van der Waals surface area (Å²) >= 11 is 0. The minimum Gasteiger partial charge on any atom is -0.469 e. The summed E-state index contributed by atoms with van der Waals surface area (Å²) in [6.45, 7) is 15.9. The fourth-order valence-electron chi connectivity index (χ4n) is 17.6. The van der Waals surface area contributed by atoms with Crippen LogP contribution in [0.3, 0.4) is 0 Å². The first-order valence-corrected chi connectivity index (χ1v) is 27.5. The maximum atomic E-state index is 11.5. The van der Waals surface area contributed by atoms with E-state index in [9.17, 15) is 14.7 Å². The molecular weight excluding hydrogens is 833 g/mol. The maximum Gasteiger partial charge on any atom is 1.00 e. The molecule has 6 saturated carbocycles. The Labute approximate surface area is 410 Å². The van der Waals surface area contributed by atoms with Gasteiger partial charge < -0.3 is 24.1 Å². The number of carbonyl (C=O) groups is 2. The summed E-state index contributed by atoms with van der Waals surface area (Å²) in [5.74, 6) is 6.22.